The van der Waals surface area contributed by atoms with Crippen molar-refractivity contribution in [1.29, 1.82) is 0 Å². The van der Waals surface area contributed by atoms with Crippen LogP contribution in [0.15, 0.2) is 48.7 Å². The molecule has 0 radical (unpaired) electrons. The molecule has 1 amide bonds. The molecule has 168 valence electrons. The van der Waals surface area contributed by atoms with Crippen molar-refractivity contribution in [1.82, 2.24) is 14.5 Å². The molecule has 1 aromatic heterocycles. The number of nitrogens with zero attached hydrogens (tertiary/aromatic N) is 3. The van der Waals surface area contributed by atoms with Gasteiger partial charge in [0.15, 0.2) is 0 Å². The third-order valence-electron chi connectivity index (χ3n) is 7.21. The fourth-order valence-electron chi connectivity index (χ4n) is 5.49. The van der Waals surface area contributed by atoms with Crippen LogP contribution in [-0.2, 0) is 11.3 Å². The highest BCUT2D eigenvalue weighted by atomic mass is 32.1. The number of hydrogen-bond acceptors (Lipinski definition) is 4. The van der Waals surface area contributed by atoms with Crippen molar-refractivity contribution in [2.45, 2.75) is 57.2 Å². The summed E-state index contributed by atoms with van der Waals surface area (Å²) in [5.41, 5.74) is 8.26. The number of thiol groups is 1. The smallest absolute Gasteiger partial charge is 0.241 e. The summed E-state index contributed by atoms with van der Waals surface area (Å²) in [4.78, 5) is 20.3. The van der Waals surface area contributed by atoms with Gasteiger partial charge in [0.1, 0.15) is 5.82 Å². The summed E-state index contributed by atoms with van der Waals surface area (Å²) in [6, 6.07) is 14.2. The number of benzene rings is 2. The van der Waals surface area contributed by atoms with Gasteiger partial charge >= 0.3 is 0 Å². The number of fused-ring (bicyclic) bond motifs is 2. The highest BCUT2D eigenvalue weighted by Crippen LogP contribution is 2.38. The Morgan fingerprint density at radius 1 is 1.09 bits per heavy atom. The molecule has 2 aliphatic rings. The predicted octanol–water partition coefficient (Wildman–Crippen LogP) is 4.81. The molecule has 6 heteroatoms. The first-order valence-corrected chi connectivity index (χ1v) is 12.5. The second kappa shape index (κ2) is 9.28. The quantitative estimate of drug-likeness (QED) is 0.551. The first kappa shape index (κ1) is 21.5. The molecule has 2 aromatic carbocycles. The van der Waals surface area contributed by atoms with Crippen molar-refractivity contribution in [2.24, 2.45) is 11.7 Å². The van der Waals surface area contributed by atoms with E-state index >= 15 is 0 Å². The van der Waals surface area contributed by atoms with Crippen LogP contribution in [0, 0.1) is 5.92 Å². The Bertz CT molecular complexity index is 1100. The minimum atomic E-state index is -0.564. The van der Waals surface area contributed by atoms with E-state index in [9.17, 15) is 4.79 Å². The lowest BCUT2D eigenvalue weighted by Gasteiger charge is -2.39. The van der Waals surface area contributed by atoms with Crippen LogP contribution in [0.4, 0.5) is 0 Å². The average Bonchev–Trinajstić information content (AvgIpc) is 3.28. The number of amides is 1. The summed E-state index contributed by atoms with van der Waals surface area (Å²) >= 11 is 4.28. The Labute approximate surface area is 195 Å². The summed E-state index contributed by atoms with van der Waals surface area (Å²) in [6.45, 7) is 1.43. The van der Waals surface area contributed by atoms with Gasteiger partial charge in [-0.3, -0.25) is 4.79 Å². The number of carbonyl (C=O) groups excluding carboxylic acids is 1. The van der Waals surface area contributed by atoms with Gasteiger partial charge in [-0.15, -0.1) is 0 Å². The Morgan fingerprint density at radius 3 is 2.69 bits per heavy atom. The van der Waals surface area contributed by atoms with E-state index in [-0.39, 0.29) is 11.9 Å². The van der Waals surface area contributed by atoms with Gasteiger partial charge in [-0.2, -0.15) is 12.6 Å². The molecule has 2 unspecified atom stereocenters. The number of hydrogen-bond donors (Lipinski definition) is 2. The largest absolute Gasteiger partial charge is 0.331 e. The Kier molecular flexibility index (Phi) is 6.24. The van der Waals surface area contributed by atoms with E-state index in [0.717, 1.165) is 30.0 Å². The van der Waals surface area contributed by atoms with Gasteiger partial charge < -0.3 is 15.2 Å². The van der Waals surface area contributed by atoms with E-state index < -0.39 is 6.04 Å². The van der Waals surface area contributed by atoms with Crippen LogP contribution in [0.3, 0.4) is 0 Å². The summed E-state index contributed by atoms with van der Waals surface area (Å²) in [5, 5.41) is 2.42. The van der Waals surface area contributed by atoms with E-state index in [4.69, 9.17) is 10.7 Å². The van der Waals surface area contributed by atoms with Gasteiger partial charge in [0.05, 0.1) is 17.8 Å². The third-order valence-corrected chi connectivity index (χ3v) is 7.60. The highest BCUT2D eigenvalue weighted by molar-refractivity contribution is 7.80. The van der Waals surface area contributed by atoms with E-state index in [1.165, 1.54) is 42.9 Å². The van der Waals surface area contributed by atoms with E-state index in [2.05, 4.69) is 65.9 Å². The second-order valence-corrected chi connectivity index (χ2v) is 9.65. The van der Waals surface area contributed by atoms with Crippen molar-refractivity contribution in [3.05, 3.63) is 54.5 Å². The Hall–Kier alpha value is -2.31. The fourth-order valence-corrected chi connectivity index (χ4v) is 5.65. The van der Waals surface area contributed by atoms with Crippen LogP contribution in [-0.4, -0.2) is 38.7 Å². The van der Waals surface area contributed by atoms with Crippen molar-refractivity contribution in [3.8, 4) is 11.3 Å². The molecule has 2 heterocycles. The van der Waals surface area contributed by atoms with Crippen LogP contribution in [0.1, 0.15) is 50.4 Å². The first-order valence-electron chi connectivity index (χ1n) is 11.9. The lowest BCUT2D eigenvalue weighted by Crippen LogP contribution is -2.50. The molecule has 1 aliphatic heterocycles. The number of aromatic nitrogens is 2. The maximum absolute atomic E-state index is 13.2. The van der Waals surface area contributed by atoms with Crippen LogP contribution in [0.5, 0.6) is 0 Å². The van der Waals surface area contributed by atoms with E-state index in [0.29, 0.717) is 18.2 Å². The predicted molar refractivity (Wildman–Crippen MR) is 133 cm³/mol. The highest BCUT2D eigenvalue weighted by Gasteiger charge is 2.36. The molecule has 5 nitrogen and oxygen atoms in total. The molecule has 0 bridgehead atoms. The molecule has 5 rings (SSSR count). The zero-order chi connectivity index (χ0) is 22.1. The Morgan fingerprint density at radius 2 is 1.88 bits per heavy atom. The number of imidazole rings is 1. The van der Waals surface area contributed by atoms with Gasteiger partial charge in [0.2, 0.25) is 5.91 Å². The minimum absolute atomic E-state index is 0.00164. The van der Waals surface area contributed by atoms with E-state index in [1.54, 1.807) is 0 Å². The molecule has 1 fully saturated rings. The molecular formula is C26H32N4OS. The molecule has 2 atom stereocenters. The van der Waals surface area contributed by atoms with Crippen LogP contribution < -0.4 is 5.73 Å². The first-order chi connectivity index (χ1) is 15.7. The number of rotatable bonds is 5. The maximum Gasteiger partial charge on any atom is 0.241 e. The molecule has 1 saturated carbocycles. The summed E-state index contributed by atoms with van der Waals surface area (Å²) in [5.74, 6) is 2.01. The molecule has 0 spiro atoms. The van der Waals surface area contributed by atoms with Gasteiger partial charge in [-0.25, -0.2) is 4.98 Å². The van der Waals surface area contributed by atoms with Gasteiger partial charge in [0, 0.05) is 30.6 Å². The second-order valence-electron chi connectivity index (χ2n) is 9.28. The van der Waals surface area contributed by atoms with Crippen molar-refractivity contribution >= 4 is 29.3 Å². The lowest BCUT2D eigenvalue weighted by atomic mass is 9.84. The standard InChI is InChI=1S/C26H32N4OS/c27-22(17-32)26(31)30-14-13-29-16-23(21-12-6-10-19-9-4-5-11-20(19)21)28-25(29)24(30)15-18-7-2-1-3-8-18/h4-6,9-12,16,18,22,24,32H,1-3,7-8,13-15,17,27H2. The summed E-state index contributed by atoms with van der Waals surface area (Å²) in [6.07, 6.45) is 9.53. The molecule has 3 aromatic rings. The summed E-state index contributed by atoms with van der Waals surface area (Å²) in [7, 11) is 0. The van der Waals surface area contributed by atoms with Gasteiger partial charge in [0.25, 0.3) is 0 Å². The third kappa shape index (κ3) is 4.06. The van der Waals surface area contributed by atoms with Crippen LogP contribution in [0.2, 0.25) is 0 Å². The SMILES string of the molecule is NC(CS)C(=O)N1CCn2cc(-c3cccc4ccccc34)nc2C1CC1CCCCC1. The molecular weight excluding hydrogens is 416 g/mol. The van der Waals surface area contributed by atoms with Crippen molar-refractivity contribution in [2.75, 3.05) is 12.3 Å². The van der Waals surface area contributed by atoms with Crippen molar-refractivity contribution in [3.63, 3.8) is 0 Å². The zero-order valence-corrected chi connectivity index (χ0v) is 19.4. The fraction of sp³-hybridized carbons (Fsp3) is 0.462. The van der Waals surface area contributed by atoms with Gasteiger partial charge in [-0.05, 0) is 23.1 Å². The number of nitrogens with two attached hydrogens (primary N) is 1. The monoisotopic (exact) mass is 448 g/mol. The summed E-state index contributed by atoms with van der Waals surface area (Å²) < 4.78 is 2.26. The topological polar surface area (TPSA) is 64.2 Å². The zero-order valence-electron chi connectivity index (χ0n) is 18.5. The molecule has 2 N–H and O–H groups in total. The van der Waals surface area contributed by atoms with Crippen LogP contribution >= 0.6 is 12.6 Å². The Balaban J connectivity index is 1.53. The molecule has 32 heavy (non-hydrogen) atoms. The van der Waals surface area contributed by atoms with Crippen molar-refractivity contribution < 1.29 is 4.79 Å². The average molecular weight is 449 g/mol. The molecule has 0 saturated heterocycles. The maximum atomic E-state index is 13.2. The normalized spacial score (nSPS) is 20.3. The van der Waals surface area contributed by atoms with Crippen LogP contribution in [0.25, 0.3) is 22.0 Å². The van der Waals surface area contributed by atoms with Gasteiger partial charge in [-0.1, -0.05) is 74.6 Å². The van der Waals surface area contributed by atoms with E-state index in [1.807, 2.05) is 4.90 Å². The number of carbonyl (C=O) groups is 1. The lowest BCUT2D eigenvalue weighted by molar-refractivity contribution is -0.136. The minimum Gasteiger partial charge on any atom is -0.331 e. The molecule has 1 aliphatic carbocycles.